The number of nitrogens with zero attached hydrogens (tertiary/aromatic N) is 5. The Morgan fingerprint density at radius 3 is 2.89 bits per heavy atom. The van der Waals surface area contributed by atoms with E-state index in [0.29, 0.717) is 30.2 Å². The predicted octanol–water partition coefficient (Wildman–Crippen LogP) is 1.91. The number of hydrogen-bond donors (Lipinski definition) is 0. The first kappa shape index (κ1) is 17.3. The van der Waals surface area contributed by atoms with Gasteiger partial charge in [0, 0.05) is 38.5 Å². The van der Waals surface area contributed by atoms with Crippen LogP contribution < -0.4 is 9.64 Å². The Labute approximate surface area is 156 Å². The van der Waals surface area contributed by atoms with Gasteiger partial charge in [-0.1, -0.05) is 17.3 Å². The van der Waals surface area contributed by atoms with E-state index in [0.717, 1.165) is 17.6 Å². The number of carbonyl (C=O) groups is 1. The Hall–Kier alpha value is -3.16. The minimum atomic E-state index is -0.0810. The molecule has 0 saturated carbocycles. The quantitative estimate of drug-likeness (QED) is 0.681. The zero-order valence-corrected chi connectivity index (χ0v) is 15.3. The van der Waals surface area contributed by atoms with Gasteiger partial charge in [-0.05, 0) is 18.2 Å². The summed E-state index contributed by atoms with van der Waals surface area (Å²) in [6, 6.07) is 11.2. The topological polar surface area (TPSA) is 84.6 Å². The second-order valence-electron chi connectivity index (χ2n) is 6.79. The highest BCUT2D eigenvalue weighted by Crippen LogP contribution is 2.21. The highest BCUT2D eigenvalue weighted by molar-refractivity contribution is 5.86. The minimum Gasteiger partial charge on any atom is -0.471 e. The van der Waals surface area contributed by atoms with Gasteiger partial charge >= 0.3 is 0 Å². The average molecular weight is 367 g/mol. The summed E-state index contributed by atoms with van der Waals surface area (Å²) in [5, 5.41) is 13.1. The first-order valence-electron chi connectivity index (χ1n) is 8.89. The molecule has 1 amide bonds. The lowest BCUT2D eigenvalue weighted by atomic mass is 10.1. The van der Waals surface area contributed by atoms with Crippen molar-refractivity contribution in [3.8, 4) is 5.88 Å². The lowest BCUT2D eigenvalue weighted by Crippen LogP contribution is -2.32. The number of amides is 1. The summed E-state index contributed by atoms with van der Waals surface area (Å²) in [6.07, 6.45) is 0.909. The van der Waals surface area contributed by atoms with Crippen molar-refractivity contribution in [2.45, 2.75) is 18.9 Å². The van der Waals surface area contributed by atoms with Crippen molar-refractivity contribution in [2.75, 3.05) is 32.1 Å². The molecule has 0 aliphatic carbocycles. The summed E-state index contributed by atoms with van der Waals surface area (Å²) < 4.78 is 11.2. The van der Waals surface area contributed by atoms with E-state index >= 15 is 0 Å². The van der Waals surface area contributed by atoms with Crippen molar-refractivity contribution in [1.29, 1.82) is 0 Å². The van der Waals surface area contributed by atoms with Crippen molar-refractivity contribution in [3.05, 3.63) is 42.1 Å². The number of para-hydroxylation sites is 1. The standard InChI is InChI=1S/C19H21N5O3/c1-23(2)17-7-8-18(21-20-17)26-13-9-10-24(12-13)19(25)11-15-14-5-3-4-6-16(14)27-22-15/h3-8,13H,9-12H2,1-2H3. The van der Waals surface area contributed by atoms with Crippen LogP contribution >= 0.6 is 0 Å². The first-order valence-corrected chi connectivity index (χ1v) is 8.89. The maximum atomic E-state index is 12.6. The maximum absolute atomic E-state index is 12.6. The monoisotopic (exact) mass is 367 g/mol. The third-order valence-electron chi connectivity index (χ3n) is 4.64. The molecule has 1 atom stereocenters. The molecule has 0 bridgehead atoms. The largest absolute Gasteiger partial charge is 0.471 e. The van der Waals surface area contributed by atoms with Gasteiger partial charge in [0.2, 0.25) is 11.8 Å². The van der Waals surface area contributed by atoms with Gasteiger partial charge in [0.1, 0.15) is 11.8 Å². The van der Waals surface area contributed by atoms with Crippen molar-refractivity contribution in [1.82, 2.24) is 20.3 Å². The number of carbonyl (C=O) groups excluding carboxylic acids is 1. The fourth-order valence-electron chi connectivity index (χ4n) is 3.16. The third kappa shape index (κ3) is 3.69. The summed E-state index contributed by atoms with van der Waals surface area (Å²) in [5.41, 5.74) is 1.37. The van der Waals surface area contributed by atoms with Crippen LogP contribution in [0.1, 0.15) is 12.1 Å². The molecule has 1 saturated heterocycles. The van der Waals surface area contributed by atoms with Crippen molar-refractivity contribution < 1.29 is 14.1 Å². The second-order valence-corrected chi connectivity index (χ2v) is 6.79. The van der Waals surface area contributed by atoms with Crippen LogP contribution in [0, 0.1) is 0 Å². The Kier molecular flexibility index (Phi) is 4.62. The smallest absolute Gasteiger partial charge is 0.233 e. The fourth-order valence-corrected chi connectivity index (χ4v) is 3.16. The van der Waals surface area contributed by atoms with E-state index < -0.39 is 0 Å². The third-order valence-corrected chi connectivity index (χ3v) is 4.64. The number of rotatable bonds is 5. The average Bonchev–Trinajstić information content (AvgIpc) is 3.30. The maximum Gasteiger partial charge on any atom is 0.233 e. The molecular formula is C19H21N5O3. The van der Waals surface area contributed by atoms with Gasteiger partial charge in [0.05, 0.1) is 13.0 Å². The first-order chi connectivity index (χ1) is 13.1. The highest BCUT2D eigenvalue weighted by Gasteiger charge is 2.28. The van der Waals surface area contributed by atoms with Crippen LogP contribution in [0.4, 0.5) is 5.82 Å². The van der Waals surface area contributed by atoms with Crippen LogP contribution in [0.5, 0.6) is 5.88 Å². The normalized spacial score (nSPS) is 16.7. The van der Waals surface area contributed by atoms with Gasteiger partial charge < -0.3 is 19.1 Å². The van der Waals surface area contributed by atoms with Crippen LogP contribution in [0.3, 0.4) is 0 Å². The zero-order valence-electron chi connectivity index (χ0n) is 15.3. The summed E-state index contributed by atoms with van der Waals surface area (Å²) >= 11 is 0. The Bertz CT molecular complexity index is 938. The van der Waals surface area contributed by atoms with Crippen molar-refractivity contribution >= 4 is 22.7 Å². The molecule has 1 aliphatic rings. The number of benzene rings is 1. The van der Waals surface area contributed by atoms with E-state index in [1.165, 1.54) is 0 Å². The molecule has 1 aromatic carbocycles. The van der Waals surface area contributed by atoms with E-state index in [4.69, 9.17) is 9.26 Å². The van der Waals surface area contributed by atoms with Crippen molar-refractivity contribution in [2.24, 2.45) is 0 Å². The highest BCUT2D eigenvalue weighted by atomic mass is 16.5. The van der Waals surface area contributed by atoms with Gasteiger partial charge in [-0.15, -0.1) is 10.2 Å². The second kappa shape index (κ2) is 7.22. The van der Waals surface area contributed by atoms with Crippen LogP contribution in [-0.2, 0) is 11.2 Å². The van der Waals surface area contributed by atoms with E-state index in [1.807, 2.05) is 49.3 Å². The molecule has 3 heterocycles. The van der Waals surface area contributed by atoms with Crippen LogP contribution in [0.25, 0.3) is 11.0 Å². The van der Waals surface area contributed by atoms with Crippen LogP contribution in [-0.4, -0.2) is 59.4 Å². The lowest BCUT2D eigenvalue weighted by molar-refractivity contribution is -0.129. The molecule has 8 heteroatoms. The predicted molar refractivity (Wildman–Crippen MR) is 99.7 cm³/mol. The Balaban J connectivity index is 1.35. The van der Waals surface area contributed by atoms with Gasteiger partial charge in [0.25, 0.3) is 0 Å². The SMILES string of the molecule is CN(C)c1ccc(OC2CCN(C(=O)Cc3noc4ccccc34)C2)nn1. The number of aromatic nitrogens is 3. The van der Waals surface area contributed by atoms with Gasteiger partial charge in [-0.2, -0.15) is 0 Å². The van der Waals surface area contributed by atoms with E-state index in [2.05, 4.69) is 15.4 Å². The molecule has 0 spiro atoms. The number of hydrogen-bond acceptors (Lipinski definition) is 7. The number of fused-ring (bicyclic) bond motifs is 1. The van der Waals surface area contributed by atoms with Crippen LogP contribution in [0.2, 0.25) is 0 Å². The summed E-state index contributed by atoms with van der Waals surface area (Å²) in [6.45, 7) is 1.19. The molecule has 1 unspecified atom stereocenters. The van der Waals surface area contributed by atoms with E-state index in [-0.39, 0.29) is 18.4 Å². The van der Waals surface area contributed by atoms with Crippen LogP contribution in [0.15, 0.2) is 40.9 Å². The van der Waals surface area contributed by atoms with Gasteiger partial charge in [-0.25, -0.2) is 0 Å². The number of likely N-dealkylation sites (tertiary alicyclic amines) is 1. The molecule has 1 fully saturated rings. The van der Waals surface area contributed by atoms with Gasteiger partial charge in [0.15, 0.2) is 11.4 Å². The Morgan fingerprint density at radius 2 is 2.11 bits per heavy atom. The molecule has 4 rings (SSSR count). The minimum absolute atomic E-state index is 0.0224. The number of ether oxygens (including phenoxy) is 1. The molecule has 8 nitrogen and oxygen atoms in total. The van der Waals surface area contributed by atoms with Crippen molar-refractivity contribution in [3.63, 3.8) is 0 Å². The van der Waals surface area contributed by atoms with Gasteiger partial charge in [-0.3, -0.25) is 4.79 Å². The molecule has 2 aromatic heterocycles. The molecule has 1 aliphatic heterocycles. The molecule has 140 valence electrons. The number of anilines is 1. The fraction of sp³-hybridized carbons (Fsp3) is 0.368. The molecule has 0 N–H and O–H groups in total. The molecule has 27 heavy (non-hydrogen) atoms. The molecule has 0 radical (unpaired) electrons. The molecular weight excluding hydrogens is 346 g/mol. The molecule has 3 aromatic rings. The zero-order chi connectivity index (χ0) is 18.8. The van der Waals surface area contributed by atoms with E-state index in [9.17, 15) is 4.79 Å². The summed E-state index contributed by atoms with van der Waals surface area (Å²) in [4.78, 5) is 16.3. The Morgan fingerprint density at radius 1 is 1.26 bits per heavy atom. The summed E-state index contributed by atoms with van der Waals surface area (Å²) in [5.74, 6) is 1.27. The van der Waals surface area contributed by atoms with E-state index in [1.54, 1.807) is 11.0 Å². The lowest BCUT2D eigenvalue weighted by Gasteiger charge is -2.16. The summed E-state index contributed by atoms with van der Waals surface area (Å²) in [7, 11) is 3.81.